The van der Waals surface area contributed by atoms with Crippen molar-refractivity contribution in [3.05, 3.63) is 0 Å². The first-order valence-electron chi connectivity index (χ1n) is 28.3. The fourth-order valence-corrected chi connectivity index (χ4v) is 9.15. The van der Waals surface area contributed by atoms with E-state index in [4.69, 9.17) is 0 Å². The van der Waals surface area contributed by atoms with Crippen LogP contribution in [-0.2, 0) is 47.9 Å². The number of Topliss-reactive ketones (excluding diaryl/α,β-unsaturated/α-hetero) is 1. The third kappa shape index (κ3) is 23.6. The Bertz CT molecular complexity index is 2030. The Morgan fingerprint density at radius 2 is 1.19 bits per heavy atom. The van der Waals surface area contributed by atoms with E-state index in [1.54, 1.807) is 60.4 Å². The number of rotatable bonds is 35. The summed E-state index contributed by atoms with van der Waals surface area (Å²) in [7, 11) is 1.80. The minimum absolute atomic E-state index is 0.0291. The molecule has 1 fully saturated rings. The molecule has 0 bridgehead atoms. The van der Waals surface area contributed by atoms with Gasteiger partial charge >= 0.3 is 0 Å². The van der Waals surface area contributed by atoms with Crippen molar-refractivity contribution in [2.75, 3.05) is 33.3 Å². The molecular formula is C56H102N10O12. The number of hydrogen-bond acceptors (Lipinski definition) is 13. The van der Waals surface area contributed by atoms with E-state index in [0.29, 0.717) is 38.9 Å². The van der Waals surface area contributed by atoms with Crippen molar-refractivity contribution in [1.29, 1.82) is 0 Å². The van der Waals surface area contributed by atoms with Crippen molar-refractivity contribution in [1.82, 2.24) is 52.3 Å². The molecule has 1 saturated heterocycles. The third-order valence-corrected chi connectivity index (χ3v) is 14.2. The number of aliphatic hydroxyl groups is 2. The summed E-state index contributed by atoms with van der Waals surface area (Å²) in [5, 5.41) is 41.6. The number of nitrogens with one attached hydrogen (secondary N) is 8. The number of hydrogen-bond donors (Lipinski definition) is 10. The highest BCUT2D eigenvalue weighted by atomic mass is 16.3. The summed E-state index contributed by atoms with van der Waals surface area (Å²) in [6.07, 6.45) is 5.15. The quantitative estimate of drug-likeness (QED) is 0.0408. The Morgan fingerprint density at radius 1 is 0.641 bits per heavy atom. The molecule has 10 N–H and O–H groups in total. The van der Waals surface area contributed by atoms with Crippen molar-refractivity contribution in [3.63, 3.8) is 0 Å². The fraction of sp³-hybridized carbons (Fsp3) is 0.821. The molecule has 78 heavy (non-hydrogen) atoms. The Kier molecular flexibility index (Phi) is 29.7. The van der Waals surface area contributed by atoms with Gasteiger partial charge in [0.2, 0.25) is 53.2 Å². The van der Waals surface area contributed by atoms with Gasteiger partial charge in [-0.15, -0.1) is 0 Å². The lowest BCUT2D eigenvalue weighted by molar-refractivity contribution is -0.142. The van der Waals surface area contributed by atoms with Gasteiger partial charge in [-0.05, 0) is 112 Å². The maximum absolute atomic E-state index is 14.1. The largest absolute Gasteiger partial charge is 0.395 e. The Balaban J connectivity index is 3.19. The first-order chi connectivity index (χ1) is 36.0. The normalized spacial score (nSPS) is 17.2. The van der Waals surface area contributed by atoms with Gasteiger partial charge in [0.05, 0.1) is 12.7 Å². The molecule has 22 nitrogen and oxygen atoms in total. The van der Waals surface area contributed by atoms with E-state index in [1.165, 1.54) is 48.5 Å². The standard InChI is InChI=1S/C56H102N10O12/c1-18-20-21-22-24-36(8)50(75)66-26-23-25-42(66)47(72)59-41(30-35(7)29-40(69)31-39(68)19-2)46(71)58-38(10)45(70)62-54(11,12)52(77)61-43(33(3)4)48(73)60-44(34(5)6)49(74)63-56(15,16)53(78)64-55(13,14)51(76)57-37(9)32-65(17)27-28-67/h33-38,40-44,67,69H,18-32H2,1-17H3,(H,57,76)(H,58,71)(H,59,72)(H,60,73)(H,61,77)(H,62,70)(H,63,74)(H,64,78)/t35-,36-,37+,38-,40+,41-,42-,43+,44-/m1/s1. The molecule has 0 radical (unpaired) electrons. The zero-order valence-corrected chi connectivity index (χ0v) is 50.3. The van der Waals surface area contributed by atoms with Crippen molar-refractivity contribution < 1.29 is 58.2 Å². The van der Waals surface area contributed by atoms with Crippen molar-refractivity contribution >= 4 is 58.9 Å². The zero-order valence-electron chi connectivity index (χ0n) is 50.3. The molecule has 0 aromatic carbocycles. The maximum atomic E-state index is 14.1. The second-order valence-electron chi connectivity index (χ2n) is 24.2. The van der Waals surface area contributed by atoms with Crippen LogP contribution in [0.1, 0.15) is 181 Å². The molecule has 0 aromatic rings. The van der Waals surface area contributed by atoms with Crippen molar-refractivity contribution in [3.8, 4) is 0 Å². The molecule has 0 unspecified atom stereocenters. The van der Waals surface area contributed by atoms with E-state index in [-0.39, 0.29) is 61.9 Å². The molecule has 0 aliphatic carbocycles. The summed E-state index contributed by atoms with van der Waals surface area (Å²) in [5.74, 6) is -7.29. The van der Waals surface area contributed by atoms with Gasteiger partial charge in [-0.2, -0.15) is 0 Å². The molecule has 22 heteroatoms. The number of carbonyl (C=O) groups excluding carboxylic acids is 10. The van der Waals surface area contributed by atoms with Crippen LogP contribution >= 0.6 is 0 Å². The van der Waals surface area contributed by atoms with E-state index < -0.39 is 112 Å². The first kappa shape index (κ1) is 70.8. The van der Waals surface area contributed by atoms with Crippen LogP contribution in [0.5, 0.6) is 0 Å². The lowest BCUT2D eigenvalue weighted by atomic mass is 9.92. The van der Waals surface area contributed by atoms with Gasteiger partial charge in [0, 0.05) is 44.4 Å². The maximum Gasteiger partial charge on any atom is 0.246 e. The van der Waals surface area contributed by atoms with Crippen LogP contribution in [0.25, 0.3) is 0 Å². The molecule has 9 atom stereocenters. The average Bonchev–Trinajstić information content (AvgIpc) is 3.82. The zero-order chi connectivity index (χ0) is 60.0. The number of likely N-dealkylation sites (tertiary alicyclic amines) is 1. The number of amides is 9. The molecule has 0 aromatic heterocycles. The molecule has 0 spiro atoms. The lowest BCUT2D eigenvalue weighted by Crippen LogP contribution is -2.66. The number of carbonyl (C=O) groups is 10. The summed E-state index contributed by atoms with van der Waals surface area (Å²) in [6.45, 7) is 27.4. The highest BCUT2D eigenvalue weighted by Crippen LogP contribution is 2.24. The summed E-state index contributed by atoms with van der Waals surface area (Å²) in [6, 6.07) is -5.99. The first-order valence-corrected chi connectivity index (χ1v) is 28.3. The van der Waals surface area contributed by atoms with Gasteiger partial charge in [-0.1, -0.05) is 81.1 Å². The van der Waals surface area contributed by atoms with Crippen LogP contribution in [0.2, 0.25) is 0 Å². The Hall–Kier alpha value is -5.22. The van der Waals surface area contributed by atoms with E-state index in [0.717, 1.165) is 25.7 Å². The van der Waals surface area contributed by atoms with Crippen LogP contribution < -0.4 is 42.5 Å². The second kappa shape index (κ2) is 32.8. The van der Waals surface area contributed by atoms with Gasteiger partial charge in [0.25, 0.3) is 0 Å². The van der Waals surface area contributed by atoms with Gasteiger partial charge in [0.1, 0.15) is 52.6 Å². The SMILES string of the molecule is CCCCCC[C@@H](C)C(=O)N1CCC[C@@H]1C(=O)N[C@H](C[C@H](C)C[C@H](O)CC(=O)CC)C(=O)N[C@H](C)C(=O)NC(C)(C)C(=O)N[C@H](C(=O)N[C@@H](C(=O)NC(C)(C)C(=O)NC(C)(C)C(=O)N[C@@H](C)CN(C)CCO)C(C)C)C(C)C. The topological polar surface area (TPSA) is 314 Å². The summed E-state index contributed by atoms with van der Waals surface area (Å²) in [5.41, 5.74) is -4.63. The third-order valence-electron chi connectivity index (χ3n) is 14.2. The smallest absolute Gasteiger partial charge is 0.246 e. The number of ketones is 1. The van der Waals surface area contributed by atoms with E-state index >= 15 is 0 Å². The minimum Gasteiger partial charge on any atom is -0.395 e. The van der Waals surface area contributed by atoms with Crippen LogP contribution in [0.4, 0.5) is 0 Å². The van der Waals surface area contributed by atoms with Gasteiger partial charge in [0.15, 0.2) is 0 Å². The van der Waals surface area contributed by atoms with E-state index in [9.17, 15) is 58.2 Å². The number of unbranched alkanes of at least 4 members (excludes halogenated alkanes) is 3. The molecule has 1 heterocycles. The van der Waals surface area contributed by atoms with Crippen molar-refractivity contribution in [2.45, 2.75) is 240 Å². The fourth-order valence-electron chi connectivity index (χ4n) is 9.15. The highest BCUT2D eigenvalue weighted by molar-refractivity contribution is 6.00. The summed E-state index contributed by atoms with van der Waals surface area (Å²) >= 11 is 0. The molecule has 1 aliphatic rings. The minimum atomic E-state index is -1.67. The van der Waals surface area contributed by atoms with Gasteiger partial charge < -0.3 is 62.5 Å². The lowest BCUT2D eigenvalue weighted by Gasteiger charge is -2.35. The monoisotopic (exact) mass is 1110 g/mol. The molecule has 1 rings (SSSR count). The molecule has 9 amide bonds. The van der Waals surface area contributed by atoms with Crippen molar-refractivity contribution in [2.24, 2.45) is 23.7 Å². The van der Waals surface area contributed by atoms with E-state index in [2.05, 4.69) is 49.5 Å². The molecular weight excluding hydrogens is 1000 g/mol. The summed E-state index contributed by atoms with van der Waals surface area (Å²) < 4.78 is 0. The summed E-state index contributed by atoms with van der Waals surface area (Å²) in [4.78, 5) is 140. The van der Waals surface area contributed by atoms with Gasteiger partial charge in [-0.25, -0.2) is 0 Å². The number of likely N-dealkylation sites (N-methyl/N-ethyl adjacent to an activating group) is 1. The van der Waals surface area contributed by atoms with E-state index in [1.807, 2.05) is 11.8 Å². The molecule has 1 aliphatic heterocycles. The van der Waals surface area contributed by atoms with Gasteiger partial charge in [-0.3, -0.25) is 47.9 Å². The second-order valence-corrected chi connectivity index (χ2v) is 24.2. The average molecular weight is 1110 g/mol. The predicted octanol–water partition coefficient (Wildman–Crippen LogP) is 2.11. The Morgan fingerprint density at radius 3 is 1.76 bits per heavy atom. The number of nitrogens with zero attached hydrogens (tertiary/aromatic N) is 2. The Labute approximate surface area is 465 Å². The molecule has 0 saturated carbocycles. The molecule has 448 valence electrons. The predicted molar refractivity (Wildman–Crippen MR) is 299 cm³/mol. The van der Waals surface area contributed by atoms with Crippen LogP contribution in [0.3, 0.4) is 0 Å². The van der Waals surface area contributed by atoms with Crippen LogP contribution in [-0.4, -0.2) is 171 Å². The highest BCUT2D eigenvalue weighted by Gasteiger charge is 2.42. The van der Waals surface area contributed by atoms with Crippen LogP contribution in [0, 0.1) is 23.7 Å². The van der Waals surface area contributed by atoms with Crippen LogP contribution in [0.15, 0.2) is 0 Å². The number of aliphatic hydroxyl groups excluding tert-OH is 2.